The largest absolute Gasteiger partial charge is 0.480 e. The number of aromatic nitrogens is 1. The molecule has 0 saturated heterocycles. The Bertz CT molecular complexity index is 608. The van der Waals surface area contributed by atoms with Gasteiger partial charge >= 0.3 is 5.97 Å². The molecule has 112 valence electrons. The lowest BCUT2D eigenvalue weighted by molar-refractivity contribution is -0.138. The molecule has 0 aliphatic rings. The summed E-state index contributed by atoms with van der Waals surface area (Å²) in [5.41, 5.74) is 1.06. The molecule has 0 aliphatic carbocycles. The van der Waals surface area contributed by atoms with Crippen molar-refractivity contribution in [3.8, 4) is 0 Å². The summed E-state index contributed by atoms with van der Waals surface area (Å²) < 4.78 is 0. The molecule has 0 fully saturated rings. The molecule has 2 rings (SSSR count). The minimum absolute atomic E-state index is 0.0388. The highest BCUT2D eigenvalue weighted by Crippen LogP contribution is 2.18. The van der Waals surface area contributed by atoms with Crippen LogP contribution in [0.3, 0.4) is 0 Å². The number of carboxylic acids is 1. The van der Waals surface area contributed by atoms with Crippen LogP contribution in [-0.4, -0.2) is 59.6 Å². The molecular formula is C16H21N3O2. The number of likely N-dealkylation sites (N-methyl/N-ethyl adjacent to an activating group) is 1. The minimum Gasteiger partial charge on any atom is -0.480 e. The van der Waals surface area contributed by atoms with Crippen molar-refractivity contribution in [2.24, 2.45) is 0 Å². The summed E-state index contributed by atoms with van der Waals surface area (Å²) in [6.45, 7) is 2.17. The van der Waals surface area contributed by atoms with E-state index in [2.05, 4.69) is 16.0 Å². The Labute approximate surface area is 124 Å². The molecule has 0 radical (unpaired) electrons. The molecule has 1 N–H and O–H groups in total. The maximum atomic E-state index is 11.0. The third-order valence-corrected chi connectivity index (χ3v) is 3.37. The average molecular weight is 287 g/mol. The number of rotatable bonds is 7. The number of pyridine rings is 1. The van der Waals surface area contributed by atoms with Crippen LogP contribution in [0.5, 0.6) is 0 Å². The third kappa shape index (κ3) is 4.51. The summed E-state index contributed by atoms with van der Waals surface area (Å²) in [4.78, 5) is 19.3. The molecule has 0 amide bonds. The van der Waals surface area contributed by atoms with Crippen molar-refractivity contribution in [3.05, 3.63) is 42.2 Å². The molecule has 21 heavy (non-hydrogen) atoms. The quantitative estimate of drug-likeness (QED) is 0.839. The highest BCUT2D eigenvalue weighted by atomic mass is 16.4. The monoisotopic (exact) mass is 287 g/mol. The summed E-state index contributed by atoms with van der Waals surface area (Å²) in [7, 11) is 3.97. The van der Waals surface area contributed by atoms with Crippen LogP contribution in [0.1, 0.15) is 5.56 Å². The second-order valence-corrected chi connectivity index (χ2v) is 5.43. The Kier molecular flexibility index (Phi) is 5.25. The lowest BCUT2D eigenvalue weighted by atomic mass is 10.1. The summed E-state index contributed by atoms with van der Waals surface area (Å²) in [5.74, 6) is -0.804. The van der Waals surface area contributed by atoms with Crippen molar-refractivity contribution in [2.75, 3.05) is 33.7 Å². The number of nitrogens with zero attached hydrogens (tertiary/aromatic N) is 3. The van der Waals surface area contributed by atoms with Gasteiger partial charge in [0, 0.05) is 37.4 Å². The van der Waals surface area contributed by atoms with Crippen LogP contribution >= 0.6 is 0 Å². The van der Waals surface area contributed by atoms with Crippen LogP contribution in [0, 0.1) is 0 Å². The highest BCUT2D eigenvalue weighted by Gasteiger charge is 2.12. The van der Waals surface area contributed by atoms with Crippen molar-refractivity contribution in [1.82, 2.24) is 14.8 Å². The predicted molar refractivity (Wildman–Crippen MR) is 83.2 cm³/mol. The van der Waals surface area contributed by atoms with Crippen molar-refractivity contribution in [3.63, 3.8) is 0 Å². The minimum atomic E-state index is -0.804. The zero-order valence-corrected chi connectivity index (χ0v) is 12.5. The fourth-order valence-electron chi connectivity index (χ4n) is 2.29. The molecule has 1 heterocycles. The molecule has 5 nitrogen and oxygen atoms in total. The number of carboxylic acid groups (broad SMARTS) is 1. The molecule has 0 unspecified atom stereocenters. The Balaban J connectivity index is 2.19. The maximum Gasteiger partial charge on any atom is 0.317 e. The molecule has 0 atom stereocenters. The first-order valence-corrected chi connectivity index (χ1v) is 6.97. The van der Waals surface area contributed by atoms with Crippen molar-refractivity contribution >= 4 is 16.7 Å². The van der Waals surface area contributed by atoms with Crippen LogP contribution in [0.25, 0.3) is 10.8 Å². The van der Waals surface area contributed by atoms with Gasteiger partial charge in [-0.15, -0.1) is 0 Å². The van der Waals surface area contributed by atoms with Crippen LogP contribution in [-0.2, 0) is 11.3 Å². The Morgan fingerprint density at radius 3 is 2.67 bits per heavy atom. The second-order valence-electron chi connectivity index (χ2n) is 5.43. The van der Waals surface area contributed by atoms with Crippen LogP contribution < -0.4 is 0 Å². The zero-order chi connectivity index (χ0) is 15.2. The number of aliphatic carboxylic acids is 1. The first kappa shape index (κ1) is 15.4. The van der Waals surface area contributed by atoms with Gasteiger partial charge in [0.15, 0.2) is 0 Å². The lowest BCUT2D eigenvalue weighted by Gasteiger charge is -2.22. The molecular weight excluding hydrogens is 266 g/mol. The Morgan fingerprint density at radius 2 is 1.95 bits per heavy atom. The standard InChI is InChI=1S/C16H21N3O2/c1-18(2)7-8-19(12-16(20)21)11-14-10-17-9-13-5-3-4-6-15(13)14/h3-6,9-10H,7-8,11-12H2,1-2H3,(H,20,21). The van der Waals surface area contributed by atoms with Gasteiger partial charge in [-0.2, -0.15) is 0 Å². The molecule has 5 heteroatoms. The van der Waals surface area contributed by atoms with Crippen molar-refractivity contribution < 1.29 is 9.90 Å². The van der Waals surface area contributed by atoms with Gasteiger partial charge in [0.2, 0.25) is 0 Å². The summed E-state index contributed by atoms with van der Waals surface area (Å²) in [5, 5.41) is 11.3. The van der Waals surface area contributed by atoms with E-state index in [0.717, 1.165) is 22.9 Å². The number of fused-ring (bicyclic) bond motifs is 1. The van der Waals surface area contributed by atoms with Gasteiger partial charge in [-0.05, 0) is 25.0 Å². The molecule has 0 saturated carbocycles. The van der Waals surface area contributed by atoms with Crippen LogP contribution in [0.4, 0.5) is 0 Å². The van der Waals surface area contributed by atoms with E-state index in [1.807, 2.05) is 49.6 Å². The van der Waals surface area contributed by atoms with E-state index >= 15 is 0 Å². The zero-order valence-electron chi connectivity index (χ0n) is 12.5. The van der Waals surface area contributed by atoms with Gasteiger partial charge in [-0.1, -0.05) is 24.3 Å². The SMILES string of the molecule is CN(C)CCN(CC(=O)O)Cc1cncc2ccccc12. The average Bonchev–Trinajstić information content (AvgIpc) is 2.44. The lowest BCUT2D eigenvalue weighted by Crippen LogP contribution is -2.35. The molecule has 2 aromatic rings. The summed E-state index contributed by atoms with van der Waals surface area (Å²) in [6, 6.07) is 8.05. The van der Waals surface area contributed by atoms with E-state index in [4.69, 9.17) is 5.11 Å². The predicted octanol–water partition coefficient (Wildman–Crippen LogP) is 1.68. The van der Waals surface area contributed by atoms with E-state index in [1.165, 1.54) is 0 Å². The fourth-order valence-corrected chi connectivity index (χ4v) is 2.29. The topological polar surface area (TPSA) is 56.7 Å². The Morgan fingerprint density at radius 1 is 1.19 bits per heavy atom. The fraction of sp³-hybridized carbons (Fsp3) is 0.375. The summed E-state index contributed by atoms with van der Waals surface area (Å²) in [6.07, 6.45) is 3.66. The smallest absolute Gasteiger partial charge is 0.317 e. The van der Waals surface area contributed by atoms with Gasteiger partial charge in [0.1, 0.15) is 0 Å². The first-order valence-electron chi connectivity index (χ1n) is 6.97. The van der Waals surface area contributed by atoms with E-state index in [9.17, 15) is 4.79 Å². The number of benzene rings is 1. The number of carbonyl (C=O) groups is 1. The number of hydrogen-bond donors (Lipinski definition) is 1. The van der Waals surface area contributed by atoms with E-state index in [-0.39, 0.29) is 6.54 Å². The normalized spacial score (nSPS) is 11.4. The summed E-state index contributed by atoms with van der Waals surface area (Å²) >= 11 is 0. The van der Waals surface area contributed by atoms with Crippen molar-refractivity contribution in [1.29, 1.82) is 0 Å². The molecule has 0 bridgehead atoms. The molecule has 0 aliphatic heterocycles. The highest BCUT2D eigenvalue weighted by molar-refractivity contribution is 5.84. The Hall–Kier alpha value is -1.98. The molecule has 1 aromatic heterocycles. The van der Waals surface area contributed by atoms with Crippen LogP contribution in [0.15, 0.2) is 36.7 Å². The van der Waals surface area contributed by atoms with Gasteiger partial charge in [0.05, 0.1) is 6.54 Å². The van der Waals surface area contributed by atoms with E-state index < -0.39 is 5.97 Å². The van der Waals surface area contributed by atoms with Crippen molar-refractivity contribution in [2.45, 2.75) is 6.54 Å². The van der Waals surface area contributed by atoms with Crippen LogP contribution in [0.2, 0.25) is 0 Å². The van der Waals surface area contributed by atoms with Gasteiger partial charge in [-0.3, -0.25) is 14.7 Å². The van der Waals surface area contributed by atoms with E-state index in [0.29, 0.717) is 13.1 Å². The first-order chi connectivity index (χ1) is 10.1. The third-order valence-electron chi connectivity index (χ3n) is 3.37. The molecule has 0 spiro atoms. The van der Waals surface area contributed by atoms with E-state index in [1.54, 1.807) is 0 Å². The number of hydrogen-bond acceptors (Lipinski definition) is 4. The van der Waals surface area contributed by atoms with Gasteiger partial charge < -0.3 is 10.0 Å². The molecule has 1 aromatic carbocycles. The maximum absolute atomic E-state index is 11.0. The van der Waals surface area contributed by atoms with Gasteiger partial charge in [-0.25, -0.2) is 0 Å². The van der Waals surface area contributed by atoms with Gasteiger partial charge in [0.25, 0.3) is 0 Å². The second kappa shape index (κ2) is 7.15.